The number of carbonyl (C=O) groups is 1. The maximum atomic E-state index is 14.0. The Morgan fingerprint density at radius 1 is 1.43 bits per heavy atom. The van der Waals surface area contributed by atoms with Crippen LogP contribution in [0.25, 0.3) is 0 Å². The number of hydrogen-bond acceptors (Lipinski definition) is 4. The normalized spacial score (nSPS) is 22.3. The molecule has 2 rings (SSSR count). The van der Waals surface area contributed by atoms with Gasteiger partial charge in [0.15, 0.2) is 11.6 Å². The number of piperazine rings is 1. The van der Waals surface area contributed by atoms with E-state index in [1.165, 1.54) is 4.90 Å². The van der Waals surface area contributed by atoms with Crippen LogP contribution in [0.3, 0.4) is 0 Å². The van der Waals surface area contributed by atoms with Gasteiger partial charge in [0.1, 0.15) is 0 Å². The number of anilines is 1. The van der Waals surface area contributed by atoms with Crippen molar-refractivity contribution in [3.63, 3.8) is 0 Å². The monoisotopic (exact) mass is 337 g/mol. The quantitative estimate of drug-likeness (QED) is 0.805. The van der Waals surface area contributed by atoms with Crippen LogP contribution in [0.15, 0.2) is 12.3 Å². The third-order valence-electron chi connectivity index (χ3n) is 3.72. The van der Waals surface area contributed by atoms with Crippen molar-refractivity contribution in [2.24, 2.45) is 0 Å². The molecule has 23 heavy (non-hydrogen) atoms. The third kappa shape index (κ3) is 3.46. The standard InChI is InChI=1S/C13H15F4N3O3/c1-7-4-20(9(6-21)5-19(7)12(22)23)11-10(14)2-8(3-18-11)13(15,16)17/h2-3,7,9,21H,4-6H2,1H3,(H,22,23)/t7-,9-/m1/s1. The first-order chi connectivity index (χ1) is 10.6. The smallest absolute Gasteiger partial charge is 0.417 e. The molecule has 1 aliphatic rings. The van der Waals surface area contributed by atoms with Crippen molar-refractivity contribution in [3.8, 4) is 0 Å². The number of hydrogen-bond donors (Lipinski definition) is 2. The molecule has 10 heteroatoms. The Bertz CT molecular complexity index is 596. The van der Waals surface area contributed by atoms with Gasteiger partial charge in [-0.05, 0) is 13.0 Å². The first-order valence-corrected chi connectivity index (χ1v) is 6.75. The van der Waals surface area contributed by atoms with Crippen LogP contribution in [0.1, 0.15) is 12.5 Å². The maximum absolute atomic E-state index is 14.0. The molecule has 0 spiro atoms. The van der Waals surface area contributed by atoms with Crippen molar-refractivity contribution in [1.29, 1.82) is 0 Å². The first kappa shape index (κ1) is 17.3. The van der Waals surface area contributed by atoms with Crippen molar-refractivity contribution in [1.82, 2.24) is 9.88 Å². The molecule has 1 amide bonds. The molecule has 1 aliphatic heterocycles. The molecule has 0 aromatic carbocycles. The summed E-state index contributed by atoms with van der Waals surface area (Å²) in [6, 6.07) is -0.981. The highest BCUT2D eigenvalue weighted by atomic mass is 19.4. The van der Waals surface area contributed by atoms with Gasteiger partial charge in [-0.2, -0.15) is 13.2 Å². The fraction of sp³-hybridized carbons (Fsp3) is 0.538. The number of aliphatic hydroxyl groups excluding tert-OH is 1. The average molecular weight is 337 g/mol. The number of rotatable bonds is 2. The molecule has 0 saturated carbocycles. The molecule has 0 radical (unpaired) electrons. The van der Waals surface area contributed by atoms with Crippen LogP contribution < -0.4 is 4.90 Å². The van der Waals surface area contributed by atoms with Gasteiger partial charge < -0.3 is 20.0 Å². The van der Waals surface area contributed by atoms with Crippen molar-refractivity contribution < 1.29 is 32.6 Å². The SMILES string of the molecule is C[C@@H]1CN(c2ncc(C(F)(F)F)cc2F)[C@@H](CO)CN1C(=O)O. The van der Waals surface area contributed by atoms with Crippen LogP contribution in [0.4, 0.5) is 28.2 Å². The predicted molar refractivity (Wildman–Crippen MR) is 71.6 cm³/mol. The minimum atomic E-state index is -4.71. The molecule has 1 aromatic heterocycles. The summed E-state index contributed by atoms with van der Waals surface area (Å²) >= 11 is 0. The molecule has 128 valence electrons. The van der Waals surface area contributed by atoms with Crippen LogP contribution >= 0.6 is 0 Å². The van der Waals surface area contributed by atoms with Crippen LogP contribution in [-0.2, 0) is 6.18 Å². The highest BCUT2D eigenvalue weighted by Crippen LogP contribution is 2.32. The van der Waals surface area contributed by atoms with Gasteiger partial charge in [0.05, 0.1) is 18.2 Å². The number of carboxylic acid groups (broad SMARTS) is 1. The number of halogens is 4. The largest absolute Gasteiger partial charge is 0.465 e. The molecule has 2 N–H and O–H groups in total. The van der Waals surface area contributed by atoms with E-state index in [9.17, 15) is 27.5 Å². The van der Waals surface area contributed by atoms with E-state index in [4.69, 9.17) is 5.11 Å². The number of aromatic nitrogens is 1. The summed E-state index contributed by atoms with van der Waals surface area (Å²) in [6.45, 7) is 0.997. The summed E-state index contributed by atoms with van der Waals surface area (Å²) in [6.07, 6.45) is -5.38. The lowest BCUT2D eigenvalue weighted by atomic mass is 10.1. The zero-order valence-corrected chi connectivity index (χ0v) is 12.1. The van der Waals surface area contributed by atoms with Gasteiger partial charge in [0.2, 0.25) is 0 Å². The Morgan fingerprint density at radius 2 is 2.09 bits per heavy atom. The molecular weight excluding hydrogens is 322 g/mol. The second-order valence-electron chi connectivity index (χ2n) is 5.30. The van der Waals surface area contributed by atoms with Crippen molar-refractivity contribution in [2.75, 3.05) is 24.6 Å². The van der Waals surface area contributed by atoms with Gasteiger partial charge in [-0.1, -0.05) is 0 Å². The van der Waals surface area contributed by atoms with Gasteiger partial charge in [0.25, 0.3) is 0 Å². The molecule has 1 fully saturated rings. The summed E-state index contributed by atoms with van der Waals surface area (Å²) in [7, 11) is 0. The Labute approximate surface area is 128 Å². The second kappa shape index (κ2) is 6.19. The van der Waals surface area contributed by atoms with Crippen molar-refractivity contribution in [3.05, 3.63) is 23.6 Å². The molecule has 0 aliphatic carbocycles. The molecule has 6 nitrogen and oxygen atoms in total. The Morgan fingerprint density at radius 3 is 2.57 bits per heavy atom. The number of nitrogens with zero attached hydrogens (tertiary/aromatic N) is 3. The van der Waals surface area contributed by atoms with E-state index in [1.54, 1.807) is 6.92 Å². The average Bonchev–Trinajstić information content (AvgIpc) is 2.45. The van der Waals surface area contributed by atoms with Crippen LogP contribution in [0, 0.1) is 5.82 Å². The number of aliphatic hydroxyl groups is 1. The second-order valence-corrected chi connectivity index (χ2v) is 5.30. The summed E-state index contributed by atoms with van der Waals surface area (Å²) in [5, 5.41) is 18.5. The number of alkyl halides is 3. The lowest BCUT2D eigenvalue weighted by Gasteiger charge is -2.44. The van der Waals surface area contributed by atoms with Gasteiger partial charge >= 0.3 is 12.3 Å². The van der Waals surface area contributed by atoms with Gasteiger partial charge in [-0.25, -0.2) is 14.2 Å². The minimum absolute atomic E-state index is 0.00676. The van der Waals surface area contributed by atoms with Crippen molar-refractivity contribution >= 4 is 11.9 Å². The Kier molecular flexibility index (Phi) is 4.64. The van der Waals surface area contributed by atoms with E-state index in [0.29, 0.717) is 12.3 Å². The van der Waals surface area contributed by atoms with E-state index in [0.717, 1.165) is 4.90 Å². The lowest BCUT2D eigenvalue weighted by Crippen LogP contribution is -2.60. The molecule has 1 aromatic rings. The Balaban J connectivity index is 2.32. The van der Waals surface area contributed by atoms with E-state index >= 15 is 0 Å². The number of amides is 1. The molecule has 2 atom stereocenters. The molecule has 0 bridgehead atoms. The molecular formula is C13H15F4N3O3. The zero-order valence-electron chi connectivity index (χ0n) is 12.1. The highest BCUT2D eigenvalue weighted by Gasteiger charge is 2.37. The number of pyridine rings is 1. The van der Waals surface area contributed by atoms with Crippen LogP contribution in [0.2, 0.25) is 0 Å². The van der Waals surface area contributed by atoms with Crippen LogP contribution in [0.5, 0.6) is 0 Å². The van der Waals surface area contributed by atoms with E-state index in [-0.39, 0.29) is 18.9 Å². The maximum Gasteiger partial charge on any atom is 0.417 e. The summed E-state index contributed by atoms with van der Waals surface area (Å²) in [4.78, 5) is 17.0. The Hall–Kier alpha value is -2.10. The fourth-order valence-corrected chi connectivity index (χ4v) is 2.52. The zero-order chi connectivity index (χ0) is 17.4. The molecule has 2 heterocycles. The first-order valence-electron chi connectivity index (χ1n) is 6.75. The van der Waals surface area contributed by atoms with Gasteiger partial charge in [-0.3, -0.25) is 0 Å². The van der Waals surface area contributed by atoms with Gasteiger partial charge in [0, 0.05) is 25.3 Å². The summed E-state index contributed by atoms with van der Waals surface area (Å²) in [5.41, 5.74) is -1.21. The molecule has 1 saturated heterocycles. The van der Waals surface area contributed by atoms with Crippen molar-refractivity contribution in [2.45, 2.75) is 25.2 Å². The highest BCUT2D eigenvalue weighted by molar-refractivity contribution is 5.66. The predicted octanol–water partition coefficient (Wildman–Crippen LogP) is 1.79. The van der Waals surface area contributed by atoms with E-state index in [2.05, 4.69) is 4.98 Å². The topological polar surface area (TPSA) is 76.9 Å². The fourth-order valence-electron chi connectivity index (χ4n) is 2.52. The minimum Gasteiger partial charge on any atom is -0.465 e. The van der Waals surface area contributed by atoms with Gasteiger partial charge in [-0.15, -0.1) is 0 Å². The molecule has 0 unspecified atom stereocenters. The summed E-state index contributed by atoms with van der Waals surface area (Å²) < 4.78 is 51.7. The van der Waals surface area contributed by atoms with E-state index in [1.807, 2.05) is 0 Å². The summed E-state index contributed by atoms with van der Waals surface area (Å²) in [5.74, 6) is -1.51. The van der Waals surface area contributed by atoms with Crippen LogP contribution in [-0.4, -0.2) is 58.0 Å². The van der Waals surface area contributed by atoms with E-state index < -0.39 is 42.3 Å². The lowest BCUT2D eigenvalue weighted by molar-refractivity contribution is -0.138. The third-order valence-corrected chi connectivity index (χ3v) is 3.72.